The van der Waals surface area contributed by atoms with Crippen LogP contribution in [0.4, 0.5) is 15.8 Å². The quantitative estimate of drug-likeness (QED) is 0.434. The first-order chi connectivity index (χ1) is 14.6. The molecular weight excluding hydrogens is 419 g/mol. The van der Waals surface area contributed by atoms with Crippen molar-refractivity contribution in [3.8, 4) is 0 Å². The predicted octanol–water partition coefficient (Wildman–Crippen LogP) is 5.66. The molecule has 8 heteroatoms. The van der Waals surface area contributed by atoms with Gasteiger partial charge in [0.1, 0.15) is 10.6 Å². The molecule has 1 aromatic carbocycles. The average molecular weight is 443 g/mol. The van der Waals surface area contributed by atoms with Gasteiger partial charge in [0.2, 0.25) is 0 Å². The molecule has 6 rings (SSSR count). The molecule has 1 atom stereocenters. The molecule has 0 unspecified atom stereocenters. The first kappa shape index (κ1) is 19.8. The molecule has 0 aliphatic carbocycles. The van der Waals surface area contributed by atoms with Crippen LogP contribution in [0.1, 0.15) is 19.3 Å². The molecule has 0 bridgehead atoms. The molecule has 1 spiro atoms. The summed E-state index contributed by atoms with van der Waals surface area (Å²) in [5.41, 5.74) is 4.26. The van der Waals surface area contributed by atoms with Crippen LogP contribution in [0.2, 0.25) is 0 Å². The molecule has 1 N–H and O–H groups in total. The predicted molar refractivity (Wildman–Crippen MR) is 123 cm³/mol. The minimum atomic E-state index is -0.276. The largest absolute Gasteiger partial charge is 0.379 e. The molecule has 0 amide bonds. The van der Waals surface area contributed by atoms with Crippen molar-refractivity contribution in [1.82, 2.24) is 14.9 Å². The van der Waals surface area contributed by atoms with E-state index in [2.05, 4.69) is 27.2 Å². The van der Waals surface area contributed by atoms with Gasteiger partial charge >= 0.3 is 0 Å². The van der Waals surface area contributed by atoms with E-state index in [1.165, 1.54) is 43.2 Å². The maximum atomic E-state index is 14.1. The molecule has 4 aromatic rings. The van der Waals surface area contributed by atoms with Crippen LogP contribution in [0.5, 0.6) is 0 Å². The molecule has 5 nitrogen and oxygen atoms in total. The number of nitrogens with one attached hydrogen (secondary N) is 1. The van der Waals surface area contributed by atoms with Gasteiger partial charge in [0.15, 0.2) is 0 Å². The van der Waals surface area contributed by atoms with Crippen molar-refractivity contribution in [3.63, 3.8) is 0 Å². The first-order valence-corrected chi connectivity index (χ1v) is 11.8. The van der Waals surface area contributed by atoms with Gasteiger partial charge in [0, 0.05) is 23.7 Å². The van der Waals surface area contributed by atoms with Crippen LogP contribution in [-0.2, 0) is 4.74 Å². The number of nitrogens with zero attached hydrogens (tertiary/aromatic N) is 3. The van der Waals surface area contributed by atoms with Gasteiger partial charge in [-0.3, -0.25) is 4.90 Å². The van der Waals surface area contributed by atoms with Crippen LogP contribution in [0.15, 0.2) is 41.4 Å². The number of ether oxygens (including phenoxy) is 1. The summed E-state index contributed by atoms with van der Waals surface area (Å²) < 4.78 is 20.4. The third-order valence-corrected chi connectivity index (χ3v) is 7.70. The molecule has 30 heavy (non-hydrogen) atoms. The molecule has 2 aliphatic rings. The van der Waals surface area contributed by atoms with E-state index in [-0.39, 0.29) is 5.82 Å². The van der Waals surface area contributed by atoms with E-state index in [0.29, 0.717) is 11.2 Å². The lowest BCUT2D eigenvalue weighted by atomic mass is 9.96. The van der Waals surface area contributed by atoms with Gasteiger partial charge in [-0.15, -0.1) is 22.7 Å². The number of likely N-dealkylation sites (tertiary alicyclic amines) is 1. The SMILES string of the molecule is CN1CCC[C@]12CCOC2.Fc1cc2scnc2cc1Nc1ccnc2sccc12. The Morgan fingerprint density at radius 2 is 2.10 bits per heavy atom. The van der Waals surface area contributed by atoms with E-state index in [0.717, 1.165) is 39.3 Å². The number of pyridine rings is 1. The molecule has 0 saturated carbocycles. The highest BCUT2D eigenvalue weighted by molar-refractivity contribution is 7.17. The fourth-order valence-corrected chi connectivity index (χ4v) is 5.72. The molecule has 2 saturated heterocycles. The van der Waals surface area contributed by atoms with Gasteiger partial charge in [-0.05, 0) is 62.5 Å². The van der Waals surface area contributed by atoms with Crippen LogP contribution >= 0.6 is 22.7 Å². The first-order valence-electron chi connectivity index (χ1n) is 10.1. The van der Waals surface area contributed by atoms with E-state index in [1.54, 1.807) is 29.1 Å². The summed E-state index contributed by atoms with van der Waals surface area (Å²) in [6, 6.07) is 7.08. The Hall–Kier alpha value is -2.13. The van der Waals surface area contributed by atoms with Gasteiger partial charge in [0.25, 0.3) is 0 Å². The third kappa shape index (κ3) is 3.69. The van der Waals surface area contributed by atoms with E-state index in [1.807, 2.05) is 17.5 Å². The van der Waals surface area contributed by atoms with Crippen LogP contribution in [0, 0.1) is 5.82 Å². The summed E-state index contributed by atoms with van der Waals surface area (Å²) in [4.78, 5) is 11.9. The minimum Gasteiger partial charge on any atom is -0.379 e. The summed E-state index contributed by atoms with van der Waals surface area (Å²) in [6.45, 7) is 3.22. The van der Waals surface area contributed by atoms with Gasteiger partial charge in [-0.25, -0.2) is 14.4 Å². The fraction of sp³-hybridized carbons (Fsp3) is 0.364. The summed E-state index contributed by atoms with van der Waals surface area (Å²) in [5, 5.41) is 6.11. The molecule has 0 radical (unpaired) electrons. The Morgan fingerprint density at radius 1 is 1.17 bits per heavy atom. The lowest BCUT2D eigenvalue weighted by Gasteiger charge is -2.29. The molecular formula is C22H23FN4OS2. The number of halogens is 1. The zero-order chi connectivity index (χ0) is 20.6. The van der Waals surface area contributed by atoms with Crippen molar-refractivity contribution in [3.05, 3.63) is 47.2 Å². The molecule has 2 fully saturated rings. The molecule has 3 aromatic heterocycles. The highest BCUT2D eigenvalue weighted by Crippen LogP contribution is 2.35. The summed E-state index contributed by atoms with van der Waals surface area (Å²) in [6.07, 6.45) is 5.69. The maximum Gasteiger partial charge on any atom is 0.148 e. The Kier molecular flexibility index (Phi) is 5.41. The normalized spacial score (nSPS) is 21.4. The number of benzene rings is 1. The maximum absolute atomic E-state index is 14.1. The van der Waals surface area contributed by atoms with Gasteiger partial charge in [-0.1, -0.05) is 0 Å². The Morgan fingerprint density at radius 3 is 2.90 bits per heavy atom. The van der Waals surface area contributed by atoms with E-state index in [9.17, 15) is 4.39 Å². The number of hydrogen-bond donors (Lipinski definition) is 1. The standard InChI is InChI=1S/C14H8FN3S2.C8H15NO/c15-9-5-13-12(17-7-20-13)6-11(9)18-10-1-3-16-14-8(10)2-4-19-14;1-9-5-2-3-8(9)4-6-10-7-8/h1-7H,(H,16,18);2-7H2,1H3/t;8-/m.1/s1. The Balaban J connectivity index is 0.000000161. The number of hydrogen-bond acceptors (Lipinski definition) is 7. The van der Waals surface area contributed by atoms with Crippen LogP contribution < -0.4 is 5.32 Å². The number of fused-ring (bicyclic) bond motifs is 2. The smallest absolute Gasteiger partial charge is 0.148 e. The highest BCUT2D eigenvalue weighted by atomic mass is 32.1. The van der Waals surface area contributed by atoms with E-state index in [4.69, 9.17) is 4.74 Å². The third-order valence-electron chi connectivity index (χ3n) is 6.09. The van der Waals surface area contributed by atoms with E-state index >= 15 is 0 Å². The second kappa shape index (κ2) is 8.19. The lowest BCUT2D eigenvalue weighted by molar-refractivity contribution is 0.121. The van der Waals surface area contributed by atoms with Gasteiger partial charge in [-0.2, -0.15) is 0 Å². The monoisotopic (exact) mass is 442 g/mol. The number of thiazole rings is 1. The number of thiophene rings is 1. The Bertz CT molecular complexity index is 1160. The minimum absolute atomic E-state index is 0.276. The summed E-state index contributed by atoms with van der Waals surface area (Å²) in [7, 11) is 2.22. The number of likely N-dealkylation sites (N-methyl/N-ethyl adjacent to an activating group) is 1. The molecule has 2 aliphatic heterocycles. The highest BCUT2D eigenvalue weighted by Gasteiger charge is 2.41. The summed E-state index contributed by atoms with van der Waals surface area (Å²) >= 11 is 3.00. The zero-order valence-electron chi connectivity index (χ0n) is 16.7. The van der Waals surface area contributed by atoms with Crippen molar-refractivity contribution in [2.45, 2.75) is 24.8 Å². The van der Waals surface area contributed by atoms with Crippen molar-refractivity contribution in [1.29, 1.82) is 0 Å². The van der Waals surface area contributed by atoms with Crippen molar-refractivity contribution < 1.29 is 9.13 Å². The zero-order valence-corrected chi connectivity index (χ0v) is 18.4. The Labute approximate surface area is 182 Å². The fourth-order valence-electron chi connectivity index (χ4n) is 4.27. The van der Waals surface area contributed by atoms with Crippen molar-refractivity contribution in [2.75, 3.05) is 32.1 Å². The molecule has 156 valence electrons. The second-order valence-corrected chi connectivity index (χ2v) is 9.61. The van der Waals surface area contributed by atoms with Crippen LogP contribution in [0.25, 0.3) is 20.4 Å². The van der Waals surface area contributed by atoms with Crippen LogP contribution in [-0.4, -0.2) is 47.2 Å². The number of anilines is 2. The number of rotatable bonds is 2. The van der Waals surface area contributed by atoms with Crippen molar-refractivity contribution >= 4 is 54.5 Å². The van der Waals surface area contributed by atoms with Crippen LogP contribution in [0.3, 0.4) is 0 Å². The van der Waals surface area contributed by atoms with Gasteiger partial charge < -0.3 is 10.1 Å². The van der Waals surface area contributed by atoms with E-state index < -0.39 is 0 Å². The van der Waals surface area contributed by atoms with Crippen molar-refractivity contribution in [2.24, 2.45) is 0 Å². The number of aromatic nitrogens is 2. The average Bonchev–Trinajstić information content (AvgIpc) is 3.53. The topological polar surface area (TPSA) is 50.3 Å². The second-order valence-electron chi connectivity index (χ2n) is 7.83. The summed E-state index contributed by atoms with van der Waals surface area (Å²) in [5.74, 6) is -0.276. The van der Waals surface area contributed by atoms with Gasteiger partial charge in [0.05, 0.1) is 33.7 Å². The molecule has 5 heterocycles. The lowest BCUT2D eigenvalue weighted by Crippen LogP contribution is -2.41.